The zero-order valence-corrected chi connectivity index (χ0v) is 11.0. The molecule has 2 aromatic rings. The fourth-order valence-corrected chi connectivity index (χ4v) is 2.77. The number of rotatable bonds is 3. The van der Waals surface area contributed by atoms with Gasteiger partial charge in [0.05, 0.1) is 6.42 Å². The Labute approximate surface area is 112 Å². The number of nitrogens with zero attached hydrogens (tertiary/aromatic N) is 2. The van der Waals surface area contributed by atoms with Crippen LogP contribution in [-0.4, -0.2) is 15.2 Å². The lowest BCUT2D eigenvalue weighted by Gasteiger charge is -2.02. The van der Waals surface area contributed by atoms with Crippen molar-refractivity contribution in [2.75, 3.05) is 0 Å². The minimum atomic E-state index is 0.275. The predicted octanol–water partition coefficient (Wildman–Crippen LogP) is 3.27. The maximum Gasteiger partial charge on any atom is 0.231 e. The van der Waals surface area contributed by atoms with E-state index in [2.05, 4.69) is 17.1 Å². The van der Waals surface area contributed by atoms with Gasteiger partial charge in [0.1, 0.15) is 5.75 Å². The zero-order valence-electron chi connectivity index (χ0n) is 11.0. The molecule has 0 amide bonds. The molecule has 4 nitrogen and oxygen atoms in total. The molecule has 1 aromatic carbocycles. The van der Waals surface area contributed by atoms with Gasteiger partial charge in [0.25, 0.3) is 0 Å². The first kappa shape index (κ1) is 12.2. The molecule has 1 aliphatic carbocycles. The molecule has 1 N–H and O–H groups in total. The molecule has 1 aliphatic rings. The van der Waals surface area contributed by atoms with Crippen LogP contribution >= 0.6 is 0 Å². The third-order valence-electron chi connectivity index (χ3n) is 3.88. The van der Waals surface area contributed by atoms with Gasteiger partial charge in [0.15, 0.2) is 5.82 Å². The van der Waals surface area contributed by atoms with Gasteiger partial charge < -0.3 is 9.63 Å². The van der Waals surface area contributed by atoms with Gasteiger partial charge in [-0.3, -0.25) is 0 Å². The van der Waals surface area contributed by atoms with Crippen molar-refractivity contribution in [3.63, 3.8) is 0 Å². The molecule has 0 saturated heterocycles. The van der Waals surface area contributed by atoms with Crippen molar-refractivity contribution in [2.45, 2.75) is 38.5 Å². The molecule has 1 heterocycles. The topological polar surface area (TPSA) is 59.2 Å². The van der Waals surface area contributed by atoms with Crippen LogP contribution in [0.3, 0.4) is 0 Å². The number of para-hydroxylation sites is 1. The number of hydrogen-bond donors (Lipinski definition) is 1. The molecule has 0 aliphatic heterocycles. The van der Waals surface area contributed by atoms with Gasteiger partial charge in [-0.15, -0.1) is 0 Å². The van der Waals surface area contributed by atoms with Crippen molar-refractivity contribution >= 4 is 0 Å². The summed E-state index contributed by atoms with van der Waals surface area (Å²) in [6.07, 6.45) is 4.03. The second kappa shape index (κ2) is 5.03. The maximum absolute atomic E-state index is 9.74. The summed E-state index contributed by atoms with van der Waals surface area (Å²) in [5, 5.41) is 13.8. The SMILES string of the molecule is CC1CCC(c2noc(Cc3ccccc3O)n2)C1. The van der Waals surface area contributed by atoms with Crippen LogP contribution in [0, 0.1) is 5.92 Å². The minimum absolute atomic E-state index is 0.275. The number of phenolic OH excluding ortho intramolecular Hbond substituents is 1. The quantitative estimate of drug-likeness (QED) is 0.917. The summed E-state index contributed by atoms with van der Waals surface area (Å²) >= 11 is 0. The summed E-state index contributed by atoms with van der Waals surface area (Å²) in [5.41, 5.74) is 0.817. The minimum Gasteiger partial charge on any atom is -0.508 e. The summed E-state index contributed by atoms with van der Waals surface area (Å²) in [7, 11) is 0. The number of phenols is 1. The average Bonchev–Trinajstić information content (AvgIpc) is 3.01. The summed E-state index contributed by atoms with van der Waals surface area (Å²) in [6, 6.07) is 7.24. The van der Waals surface area contributed by atoms with Gasteiger partial charge in [-0.25, -0.2) is 0 Å². The second-order valence-electron chi connectivity index (χ2n) is 5.47. The lowest BCUT2D eigenvalue weighted by atomic mass is 10.1. The van der Waals surface area contributed by atoms with Gasteiger partial charge in [-0.2, -0.15) is 4.98 Å². The van der Waals surface area contributed by atoms with Crippen LogP contribution in [0.25, 0.3) is 0 Å². The highest BCUT2D eigenvalue weighted by molar-refractivity contribution is 5.33. The van der Waals surface area contributed by atoms with Gasteiger partial charge in [0.2, 0.25) is 5.89 Å². The Hall–Kier alpha value is -1.84. The fourth-order valence-electron chi connectivity index (χ4n) is 2.77. The van der Waals surface area contributed by atoms with Gasteiger partial charge >= 0.3 is 0 Å². The Morgan fingerprint density at radius 2 is 2.16 bits per heavy atom. The monoisotopic (exact) mass is 258 g/mol. The molecule has 0 spiro atoms. The van der Waals surface area contributed by atoms with Crippen molar-refractivity contribution in [1.29, 1.82) is 0 Å². The van der Waals surface area contributed by atoms with Crippen LogP contribution in [0.2, 0.25) is 0 Å². The van der Waals surface area contributed by atoms with Gasteiger partial charge in [-0.05, 0) is 31.2 Å². The van der Waals surface area contributed by atoms with E-state index in [0.29, 0.717) is 18.2 Å². The van der Waals surface area contributed by atoms with E-state index in [1.165, 1.54) is 6.42 Å². The molecule has 0 radical (unpaired) electrons. The van der Waals surface area contributed by atoms with E-state index in [0.717, 1.165) is 30.1 Å². The molecule has 2 atom stereocenters. The fraction of sp³-hybridized carbons (Fsp3) is 0.467. The van der Waals surface area contributed by atoms with E-state index < -0.39 is 0 Å². The number of aromatic nitrogens is 2. The first-order chi connectivity index (χ1) is 9.22. The van der Waals surface area contributed by atoms with Crippen molar-refractivity contribution in [3.05, 3.63) is 41.5 Å². The Balaban J connectivity index is 1.73. The highest BCUT2D eigenvalue weighted by atomic mass is 16.5. The van der Waals surface area contributed by atoms with Crippen molar-refractivity contribution < 1.29 is 9.63 Å². The van der Waals surface area contributed by atoms with Crippen molar-refractivity contribution in [1.82, 2.24) is 10.1 Å². The van der Waals surface area contributed by atoms with Gasteiger partial charge in [0, 0.05) is 11.5 Å². The van der Waals surface area contributed by atoms with Crippen molar-refractivity contribution in [3.8, 4) is 5.75 Å². The zero-order chi connectivity index (χ0) is 13.2. The number of hydrogen-bond acceptors (Lipinski definition) is 4. The molecule has 100 valence electrons. The first-order valence-electron chi connectivity index (χ1n) is 6.81. The third-order valence-corrected chi connectivity index (χ3v) is 3.88. The molecule has 0 bridgehead atoms. The molecular weight excluding hydrogens is 240 g/mol. The van der Waals surface area contributed by atoms with E-state index in [-0.39, 0.29) is 5.75 Å². The van der Waals surface area contributed by atoms with E-state index >= 15 is 0 Å². The maximum atomic E-state index is 9.74. The molecular formula is C15H18N2O2. The van der Waals surface area contributed by atoms with Crippen LogP contribution in [0.5, 0.6) is 5.75 Å². The lowest BCUT2D eigenvalue weighted by Crippen LogP contribution is -1.97. The summed E-state index contributed by atoms with van der Waals surface area (Å²) in [4.78, 5) is 4.47. The summed E-state index contributed by atoms with van der Waals surface area (Å²) < 4.78 is 5.30. The van der Waals surface area contributed by atoms with E-state index in [4.69, 9.17) is 4.52 Å². The molecule has 1 fully saturated rings. The standard InChI is InChI=1S/C15H18N2O2/c1-10-6-7-12(8-10)15-16-14(19-17-15)9-11-4-2-3-5-13(11)18/h2-5,10,12,18H,6-9H2,1H3. The van der Waals surface area contributed by atoms with Crippen LogP contribution in [0.4, 0.5) is 0 Å². The van der Waals surface area contributed by atoms with E-state index in [9.17, 15) is 5.11 Å². The largest absolute Gasteiger partial charge is 0.508 e. The smallest absolute Gasteiger partial charge is 0.231 e. The van der Waals surface area contributed by atoms with Crippen molar-refractivity contribution in [2.24, 2.45) is 5.92 Å². The Bertz CT molecular complexity index is 565. The van der Waals surface area contributed by atoms with Crippen LogP contribution < -0.4 is 0 Å². The van der Waals surface area contributed by atoms with Crippen LogP contribution in [0.15, 0.2) is 28.8 Å². The average molecular weight is 258 g/mol. The third kappa shape index (κ3) is 2.62. The number of benzene rings is 1. The summed E-state index contributed by atoms with van der Waals surface area (Å²) in [6.45, 7) is 2.27. The molecule has 1 saturated carbocycles. The number of aromatic hydroxyl groups is 1. The molecule has 4 heteroatoms. The van der Waals surface area contributed by atoms with E-state index in [1.54, 1.807) is 12.1 Å². The lowest BCUT2D eigenvalue weighted by molar-refractivity contribution is 0.373. The van der Waals surface area contributed by atoms with Gasteiger partial charge in [-0.1, -0.05) is 30.3 Å². The molecule has 3 rings (SSSR count). The van der Waals surface area contributed by atoms with Crippen LogP contribution in [0.1, 0.15) is 49.4 Å². The molecule has 19 heavy (non-hydrogen) atoms. The normalized spacial score (nSPS) is 22.8. The Morgan fingerprint density at radius 3 is 2.89 bits per heavy atom. The van der Waals surface area contributed by atoms with Crippen LogP contribution in [-0.2, 0) is 6.42 Å². The Morgan fingerprint density at radius 1 is 1.32 bits per heavy atom. The molecule has 2 unspecified atom stereocenters. The molecule has 1 aromatic heterocycles. The van der Waals surface area contributed by atoms with E-state index in [1.807, 2.05) is 12.1 Å². The second-order valence-corrected chi connectivity index (χ2v) is 5.47. The highest BCUT2D eigenvalue weighted by Crippen LogP contribution is 2.36. The Kier molecular flexibility index (Phi) is 3.23. The highest BCUT2D eigenvalue weighted by Gasteiger charge is 2.26. The first-order valence-corrected chi connectivity index (χ1v) is 6.81. The summed E-state index contributed by atoms with van der Waals surface area (Å²) in [5.74, 6) is 2.88. The predicted molar refractivity (Wildman–Crippen MR) is 71.0 cm³/mol.